The van der Waals surface area contributed by atoms with E-state index in [1.807, 2.05) is 13.1 Å². The molecule has 0 fully saturated rings. The number of aryl methyl sites for hydroxylation is 1. The van der Waals surface area contributed by atoms with Gasteiger partial charge in [-0.05, 0) is 20.0 Å². The number of likely N-dealkylation sites (N-methyl/N-ethyl adjacent to an activating group) is 1. The molecule has 6 nitrogen and oxygen atoms in total. The molecular formula is C13H21N3O3. The molecule has 0 aromatic heterocycles. The van der Waals surface area contributed by atoms with Gasteiger partial charge in [-0.25, -0.2) is 0 Å². The molecule has 0 amide bonds. The first-order chi connectivity index (χ1) is 9.04. The van der Waals surface area contributed by atoms with Crippen LogP contribution in [0.1, 0.15) is 5.56 Å². The largest absolute Gasteiger partial charge is 0.384 e. The zero-order chi connectivity index (χ0) is 14.3. The van der Waals surface area contributed by atoms with Crippen molar-refractivity contribution in [3.63, 3.8) is 0 Å². The van der Waals surface area contributed by atoms with Crippen molar-refractivity contribution in [3.8, 4) is 0 Å². The van der Waals surface area contributed by atoms with Crippen molar-refractivity contribution in [1.29, 1.82) is 0 Å². The van der Waals surface area contributed by atoms with E-state index in [0.29, 0.717) is 12.2 Å². The van der Waals surface area contributed by atoms with Crippen LogP contribution in [-0.4, -0.2) is 50.2 Å². The van der Waals surface area contributed by atoms with Crippen LogP contribution in [-0.2, 0) is 4.74 Å². The van der Waals surface area contributed by atoms with Gasteiger partial charge in [-0.3, -0.25) is 10.1 Å². The van der Waals surface area contributed by atoms with Gasteiger partial charge in [0, 0.05) is 44.1 Å². The second kappa shape index (κ2) is 7.70. The van der Waals surface area contributed by atoms with Crippen molar-refractivity contribution < 1.29 is 9.66 Å². The summed E-state index contributed by atoms with van der Waals surface area (Å²) in [5, 5.41) is 14.0. The fraction of sp³-hybridized carbons (Fsp3) is 0.538. The second-order valence-electron chi connectivity index (χ2n) is 4.48. The van der Waals surface area contributed by atoms with Gasteiger partial charge in [0.1, 0.15) is 0 Å². The van der Waals surface area contributed by atoms with Gasteiger partial charge in [-0.2, -0.15) is 0 Å². The predicted molar refractivity (Wildman–Crippen MR) is 75.7 cm³/mol. The second-order valence-corrected chi connectivity index (χ2v) is 4.48. The lowest BCUT2D eigenvalue weighted by Crippen LogP contribution is -2.28. The summed E-state index contributed by atoms with van der Waals surface area (Å²) in [5.74, 6) is 0. The SMILES string of the molecule is COCCN(C)CCNc1ccc(C)c([N+](=O)[O-])c1. The van der Waals surface area contributed by atoms with Crippen LogP contribution < -0.4 is 5.32 Å². The number of hydrogen-bond acceptors (Lipinski definition) is 5. The Morgan fingerprint density at radius 3 is 2.79 bits per heavy atom. The van der Waals surface area contributed by atoms with Gasteiger partial charge in [0.2, 0.25) is 0 Å². The summed E-state index contributed by atoms with van der Waals surface area (Å²) in [6.07, 6.45) is 0. The zero-order valence-electron chi connectivity index (χ0n) is 11.7. The molecule has 1 N–H and O–H groups in total. The fourth-order valence-electron chi connectivity index (χ4n) is 1.67. The first-order valence-corrected chi connectivity index (χ1v) is 6.21. The molecule has 106 valence electrons. The summed E-state index contributed by atoms with van der Waals surface area (Å²) >= 11 is 0. The normalized spacial score (nSPS) is 10.7. The quantitative estimate of drug-likeness (QED) is 0.575. The van der Waals surface area contributed by atoms with Gasteiger partial charge < -0.3 is 15.0 Å². The maximum Gasteiger partial charge on any atom is 0.274 e. The molecule has 0 saturated heterocycles. The molecule has 0 aliphatic rings. The zero-order valence-corrected chi connectivity index (χ0v) is 11.7. The molecule has 0 aliphatic heterocycles. The molecular weight excluding hydrogens is 246 g/mol. The van der Waals surface area contributed by atoms with E-state index in [9.17, 15) is 10.1 Å². The summed E-state index contributed by atoms with van der Waals surface area (Å²) in [7, 11) is 3.69. The Kier molecular flexibility index (Phi) is 6.24. The van der Waals surface area contributed by atoms with Gasteiger partial charge in [0.05, 0.1) is 11.5 Å². The smallest absolute Gasteiger partial charge is 0.274 e. The lowest BCUT2D eigenvalue weighted by molar-refractivity contribution is -0.385. The summed E-state index contributed by atoms with van der Waals surface area (Å²) in [6, 6.07) is 5.19. The molecule has 0 saturated carbocycles. The maximum atomic E-state index is 10.8. The molecule has 0 heterocycles. The van der Waals surface area contributed by atoms with Crippen LogP contribution in [0, 0.1) is 17.0 Å². The van der Waals surface area contributed by atoms with Gasteiger partial charge in [0.25, 0.3) is 5.69 Å². The van der Waals surface area contributed by atoms with Gasteiger partial charge in [-0.1, -0.05) is 6.07 Å². The third kappa shape index (κ3) is 5.23. The van der Waals surface area contributed by atoms with E-state index in [1.54, 1.807) is 26.2 Å². The van der Waals surface area contributed by atoms with Crippen molar-refractivity contribution in [2.24, 2.45) is 0 Å². The third-order valence-corrected chi connectivity index (χ3v) is 2.91. The number of hydrogen-bond donors (Lipinski definition) is 1. The fourth-order valence-corrected chi connectivity index (χ4v) is 1.67. The average Bonchev–Trinajstić information content (AvgIpc) is 2.38. The monoisotopic (exact) mass is 267 g/mol. The van der Waals surface area contributed by atoms with Crippen LogP contribution >= 0.6 is 0 Å². The van der Waals surface area contributed by atoms with Crippen molar-refractivity contribution >= 4 is 11.4 Å². The summed E-state index contributed by atoms with van der Waals surface area (Å²) in [4.78, 5) is 12.6. The van der Waals surface area contributed by atoms with E-state index in [-0.39, 0.29) is 10.6 Å². The molecule has 1 rings (SSSR count). The number of benzene rings is 1. The molecule has 0 aliphatic carbocycles. The third-order valence-electron chi connectivity index (χ3n) is 2.91. The van der Waals surface area contributed by atoms with E-state index in [0.717, 1.165) is 25.3 Å². The van der Waals surface area contributed by atoms with Crippen molar-refractivity contribution in [2.45, 2.75) is 6.92 Å². The first kappa shape index (κ1) is 15.4. The van der Waals surface area contributed by atoms with Crippen molar-refractivity contribution in [2.75, 3.05) is 45.7 Å². The molecule has 19 heavy (non-hydrogen) atoms. The minimum absolute atomic E-state index is 0.151. The molecule has 1 aromatic carbocycles. The molecule has 0 radical (unpaired) electrons. The Balaban J connectivity index is 2.45. The lowest BCUT2D eigenvalue weighted by Gasteiger charge is -2.16. The maximum absolute atomic E-state index is 10.8. The van der Waals surface area contributed by atoms with E-state index < -0.39 is 0 Å². The molecule has 0 atom stereocenters. The number of anilines is 1. The summed E-state index contributed by atoms with van der Waals surface area (Å²) in [6.45, 7) is 4.89. The molecule has 0 bridgehead atoms. The number of nitrogens with one attached hydrogen (secondary N) is 1. The van der Waals surface area contributed by atoms with Crippen LogP contribution in [0.3, 0.4) is 0 Å². The van der Waals surface area contributed by atoms with Crippen LogP contribution in [0.2, 0.25) is 0 Å². The molecule has 0 unspecified atom stereocenters. The summed E-state index contributed by atoms with van der Waals surface area (Å²) in [5.41, 5.74) is 1.60. The van der Waals surface area contributed by atoms with Gasteiger partial charge in [-0.15, -0.1) is 0 Å². The highest BCUT2D eigenvalue weighted by Crippen LogP contribution is 2.21. The lowest BCUT2D eigenvalue weighted by atomic mass is 10.2. The van der Waals surface area contributed by atoms with Crippen LogP contribution in [0.5, 0.6) is 0 Å². The Morgan fingerprint density at radius 1 is 1.42 bits per heavy atom. The highest BCUT2D eigenvalue weighted by Gasteiger charge is 2.10. The number of nitro groups is 1. The number of ether oxygens (including phenoxy) is 1. The van der Waals surface area contributed by atoms with E-state index >= 15 is 0 Å². The van der Waals surface area contributed by atoms with E-state index in [2.05, 4.69) is 10.2 Å². The minimum atomic E-state index is -0.356. The Bertz CT molecular complexity index is 424. The van der Waals surface area contributed by atoms with Crippen LogP contribution in [0.4, 0.5) is 11.4 Å². The molecule has 0 spiro atoms. The number of nitro benzene ring substituents is 1. The molecule has 1 aromatic rings. The summed E-state index contributed by atoms with van der Waals surface area (Å²) < 4.78 is 5.00. The number of rotatable bonds is 8. The first-order valence-electron chi connectivity index (χ1n) is 6.21. The standard InChI is InChI=1S/C13H21N3O3/c1-11-4-5-12(10-13(11)16(17)18)14-6-7-15(2)8-9-19-3/h4-5,10,14H,6-9H2,1-3H3. The van der Waals surface area contributed by atoms with Crippen LogP contribution in [0.25, 0.3) is 0 Å². The predicted octanol–water partition coefficient (Wildman–Crippen LogP) is 1.89. The van der Waals surface area contributed by atoms with Crippen molar-refractivity contribution in [1.82, 2.24) is 4.90 Å². The van der Waals surface area contributed by atoms with Crippen LogP contribution in [0.15, 0.2) is 18.2 Å². The number of nitrogens with zero attached hydrogens (tertiary/aromatic N) is 2. The van der Waals surface area contributed by atoms with E-state index in [1.165, 1.54) is 0 Å². The Hall–Kier alpha value is -1.66. The average molecular weight is 267 g/mol. The van der Waals surface area contributed by atoms with Crippen molar-refractivity contribution in [3.05, 3.63) is 33.9 Å². The number of methoxy groups -OCH3 is 1. The van der Waals surface area contributed by atoms with E-state index in [4.69, 9.17) is 4.74 Å². The highest BCUT2D eigenvalue weighted by atomic mass is 16.6. The Labute approximate surface area is 113 Å². The molecule has 6 heteroatoms. The minimum Gasteiger partial charge on any atom is -0.384 e. The van der Waals surface area contributed by atoms with Gasteiger partial charge >= 0.3 is 0 Å². The van der Waals surface area contributed by atoms with Gasteiger partial charge in [0.15, 0.2) is 0 Å². The highest BCUT2D eigenvalue weighted by molar-refractivity contribution is 5.54. The Morgan fingerprint density at radius 2 is 2.16 bits per heavy atom. The topological polar surface area (TPSA) is 67.6 Å².